The number of fused-ring (bicyclic) bond motifs is 1. The van der Waals surface area contributed by atoms with Crippen LogP contribution in [0.15, 0.2) is 6.33 Å². The van der Waals surface area contributed by atoms with Crippen molar-refractivity contribution in [2.45, 2.75) is 38.6 Å². The van der Waals surface area contributed by atoms with Gasteiger partial charge in [0.05, 0.1) is 0 Å². The van der Waals surface area contributed by atoms with Gasteiger partial charge in [0.2, 0.25) is 0 Å². The Morgan fingerprint density at radius 1 is 1.50 bits per heavy atom. The zero-order chi connectivity index (χ0) is 14.1. The lowest BCUT2D eigenvalue weighted by atomic mass is 10.1. The van der Waals surface area contributed by atoms with Crippen LogP contribution >= 0.6 is 11.6 Å². The molecule has 0 amide bonds. The number of aliphatic hydroxyl groups is 1. The van der Waals surface area contributed by atoms with E-state index in [0.29, 0.717) is 17.0 Å². The third-order valence-electron chi connectivity index (χ3n) is 3.92. The van der Waals surface area contributed by atoms with Crippen molar-refractivity contribution in [1.82, 2.24) is 19.6 Å². The lowest BCUT2D eigenvalue weighted by Crippen LogP contribution is -2.32. The van der Waals surface area contributed by atoms with Crippen LogP contribution in [-0.4, -0.2) is 43.9 Å². The second-order valence-electron chi connectivity index (χ2n) is 5.18. The molecule has 1 aliphatic rings. The van der Waals surface area contributed by atoms with Crippen LogP contribution in [0, 0.1) is 6.92 Å². The van der Waals surface area contributed by atoms with E-state index in [0.717, 1.165) is 43.6 Å². The molecule has 7 heteroatoms. The summed E-state index contributed by atoms with van der Waals surface area (Å²) in [7, 11) is 0. The predicted octanol–water partition coefficient (Wildman–Crippen LogP) is 1.83. The number of halogens is 1. The van der Waals surface area contributed by atoms with Crippen LogP contribution in [0.4, 0.5) is 5.82 Å². The molecule has 3 heterocycles. The summed E-state index contributed by atoms with van der Waals surface area (Å²) in [5.41, 5.74) is 0.931. The molecule has 0 aromatic carbocycles. The molecule has 1 unspecified atom stereocenters. The van der Waals surface area contributed by atoms with Crippen LogP contribution in [0.2, 0.25) is 5.15 Å². The van der Waals surface area contributed by atoms with Gasteiger partial charge in [-0.05, 0) is 32.6 Å². The lowest BCUT2D eigenvalue weighted by molar-refractivity contribution is 0.279. The van der Waals surface area contributed by atoms with Crippen molar-refractivity contribution in [2.24, 2.45) is 0 Å². The molecule has 2 aromatic heterocycles. The van der Waals surface area contributed by atoms with Gasteiger partial charge in [-0.3, -0.25) is 0 Å². The Morgan fingerprint density at radius 3 is 3.15 bits per heavy atom. The van der Waals surface area contributed by atoms with Crippen molar-refractivity contribution in [3.63, 3.8) is 0 Å². The highest BCUT2D eigenvalue weighted by Gasteiger charge is 2.28. The van der Waals surface area contributed by atoms with E-state index in [4.69, 9.17) is 16.7 Å². The Balaban J connectivity index is 2.04. The zero-order valence-corrected chi connectivity index (χ0v) is 12.2. The lowest BCUT2D eigenvalue weighted by Gasteiger charge is -2.28. The topological polar surface area (TPSA) is 66.5 Å². The molecule has 0 radical (unpaired) electrons. The summed E-state index contributed by atoms with van der Waals surface area (Å²) >= 11 is 6.22. The molecule has 6 nitrogen and oxygen atoms in total. The van der Waals surface area contributed by atoms with E-state index in [9.17, 15) is 0 Å². The first-order valence-electron chi connectivity index (χ1n) is 6.95. The number of aliphatic hydroxyl groups excluding tert-OH is 1. The summed E-state index contributed by atoms with van der Waals surface area (Å²) in [4.78, 5) is 10.7. The van der Waals surface area contributed by atoms with Gasteiger partial charge in [-0.15, -0.1) is 0 Å². The normalized spacial score (nSPS) is 19.1. The molecule has 0 saturated carbocycles. The molecule has 1 N–H and O–H groups in total. The molecule has 1 aliphatic heterocycles. The van der Waals surface area contributed by atoms with E-state index in [1.165, 1.54) is 6.33 Å². The van der Waals surface area contributed by atoms with Crippen molar-refractivity contribution >= 4 is 23.2 Å². The van der Waals surface area contributed by atoms with Crippen molar-refractivity contribution in [2.75, 3.05) is 18.1 Å². The summed E-state index contributed by atoms with van der Waals surface area (Å²) in [6.07, 6.45) is 5.58. The monoisotopic (exact) mass is 295 g/mol. The predicted molar refractivity (Wildman–Crippen MR) is 77.2 cm³/mol. The Labute approximate surface area is 122 Å². The largest absolute Gasteiger partial charge is 0.396 e. The molecule has 20 heavy (non-hydrogen) atoms. The van der Waals surface area contributed by atoms with Crippen molar-refractivity contribution in [3.05, 3.63) is 17.0 Å². The summed E-state index contributed by atoms with van der Waals surface area (Å²) in [6, 6.07) is 0.423. The quantitative estimate of drug-likeness (QED) is 0.872. The number of nitrogens with zero attached hydrogens (tertiary/aromatic N) is 5. The van der Waals surface area contributed by atoms with Crippen molar-refractivity contribution in [3.8, 4) is 0 Å². The number of rotatable bonds is 4. The Bertz CT molecular complexity index is 614. The Morgan fingerprint density at radius 2 is 2.35 bits per heavy atom. The second kappa shape index (κ2) is 5.54. The Kier molecular flexibility index (Phi) is 3.76. The first-order valence-corrected chi connectivity index (χ1v) is 7.33. The van der Waals surface area contributed by atoms with E-state index < -0.39 is 0 Å². The summed E-state index contributed by atoms with van der Waals surface area (Å²) in [5, 5.41) is 13.8. The van der Waals surface area contributed by atoms with Gasteiger partial charge >= 0.3 is 0 Å². The van der Waals surface area contributed by atoms with E-state index in [2.05, 4.69) is 20.0 Å². The molecule has 0 spiro atoms. The third kappa shape index (κ3) is 2.23. The van der Waals surface area contributed by atoms with Crippen LogP contribution in [0.3, 0.4) is 0 Å². The van der Waals surface area contributed by atoms with E-state index in [-0.39, 0.29) is 6.61 Å². The van der Waals surface area contributed by atoms with Gasteiger partial charge < -0.3 is 10.0 Å². The fourth-order valence-electron chi connectivity index (χ4n) is 2.96. The third-order valence-corrected chi connectivity index (χ3v) is 4.29. The van der Waals surface area contributed by atoms with Gasteiger partial charge in [0, 0.05) is 24.8 Å². The molecule has 1 atom stereocenters. The number of hydrogen-bond donors (Lipinski definition) is 1. The van der Waals surface area contributed by atoms with Gasteiger partial charge in [0.1, 0.15) is 17.3 Å². The SMILES string of the molecule is Cc1c(Cl)nc2ncnn2c1N1CCCC1CCCO. The maximum absolute atomic E-state index is 9.04. The second-order valence-corrected chi connectivity index (χ2v) is 5.54. The van der Waals surface area contributed by atoms with Crippen molar-refractivity contribution in [1.29, 1.82) is 0 Å². The van der Waals surface area contributed by atoms with Crippen LogP contribution in [-0.2, 0) is 0 Å². The van der Waals surface area contributed by atoms with Gasteiger partial charge in [-0.2, -0.15) is 19.6 Å². The average molecular weight is 296 g/mol. The van der Waals surface area contributed by atoms with Crippen LogP contribution in [0.1, 0.15) is 31.2 Å². The molecule has 1 saturated heterocycles. The number of hydrogen-bond acceptors (Lipinski definition) is 5. The van der Waals surface area contributed by atoms with E-state index in [1.807, 2.05) is 6.92 Å². The molecule has 2 aromatic rings. The van der Waals surface area contributed by atoms with Crippen molar-refractivity contribution < 1.29 is 5.11 Å². The fraction of sp³-hybridized carbons (Fsp3) is 0.615. The summed E-state index contributed by atoms with van der Waals surface area (Å²) < 4.78 is 1.76. The molecule has 0 bridgehead atoms. The standard InChI is InChI=1S/C13H18ClN5O/c1-9-11(14)17-13-15-8-16-19(13)12(9)18-6-2-4-10(18)5-3-7-20/h8,10,20H,2-7H2,1H3. The molecule has 108 valence electrons. The molecular weight excluding hydrogens is 278 g/mol. The van der Waals surface area contributed by atoms with Crippen LogP contribution < -0.4 is 4.90 Å². The summed E-state index contributed by atoms with van der Waals surface area (Å²) in [6.45, 7) is 3.18. The number of aromatic nitrogens is 4. The first kappa shape index (κ1) is 13.6. The van der Waals surface area contributed by atoms with Gasteiger partial charge in [-0.1, -0.05) is 11.6 Å². The average Bonchev–Trinajstić information content (AvgIpc) is 3.06. The zero-order valence-electron chi connectivity index (χ0n) is 11.5. The molecular formula is C13H18ClN5O. The minimum atomic E-state index is 0.235. The van der Waals surface area contributed by atoms with Crippen LogP contribution in [0.25, 0.3) is 5.78 Å². The molecule has 1 fully saturated rings. The smallest absolute Gasteiger partial charge is 0.255 e. The highest BCUT2D eigenvalue weighted by atomic mass is 35.5. The fourth-order valence-corrected chi connectivity index (χ4v) is 3.12. The first-order chi connectivity index (χ1) is 9.72. The minimum absolute atomic E-state index is 0.235. The van der Waals surface area contributed by atoms with E-state index in [1.54, 1.807) is 4.52 Å². The maximum atomic E-state index is 9.04. The van der Waals surface area contributed by atoms with Crippen LogP contribution in [0.5, 0.6) is 0 Å². The molecule has 3 rings (SSSR count). The highest BCUT2D eigenvalue weighted by Crippen LogP contribution is 2.32. The number of anilines is 1. The van der Waals surface area contributed by atoms with Gasteiger partial charge in [0.25, 0.3) is 5.78 Å². The minimum Gasteiger partial charge on any atom is -0.396 e. The maximum Gasteiger partial charge on any atom is 0.255 e. The Hall–Kier alpha value is -1.40. The highest BCUT2D eigenvalue weighted by molar-refractivity contribution is 6.30. The molecule has 0 aliphatic carbocycles. The van der Waals surface area contributed by atoms with Gasteiger partial charge in [0.15, 0.2) is 0 Å². The van der Waals surface area contributed by atoms with Gasteiger partial charge in [-0.25, -0.2) is 0 Å². The van der Waals surface area contributed by atoms with E-state index >= 15 is 0 Å². The summed E-state index contributed by atoms with van der Waals surface area (Å²) in [5.74, 6) is 1.52.